The number of likely N-dealkylation sites (tertiary alicyclic amines) is 1. The number of hydrogen-bond acceptors (Lipinski definition) is 5. The molecule has 184 valence electrons. The van der Waals surface area contributed by atoms with Crippen molar-refractivity contribution in [1.29, 1.82) is 0 Å². The van der Waals surface area contributed by atoms with Crippen molar-refractivity contribution in [2.75, 3.05) is 19.6 Å². The first kappa shape index (κ1) is 25.3. The Balaban J connectivity index is 1.72. The molecule has 0 aromatic carbocycles. The van der Waals surface area contributed by atoms with Crippen LogP contribution in [-0.4, -0.2) is 63.2 Å². The first-order chi connectivity index (χ1) is 15.1. The highest BCUT2D eigenvalue weighted by Gasteiger charge is 2.41. The van der Waals surface area contributed by atoms with E-state index in [1.54, 1.807) is 20.8 Å². The van der Waals surface area contributed by atoms with E-state index in [0.29, 0.717) is 0 Å². The molecule has 1 aromatic rings. The van der Waals surface area contributed by atoms with Gasteiger partial charge in [0.1, 0.15) is 5.82 Å². The van der Waals surface area contributed by atoms with Gasteiger partial charge in [0.25, 0.3) is 5.92 Å². The topological polar surface area (TPSA) is 92.4 Å². The lowest BCUT2D eigenvalue weighted by Gasteiger charge is -2.35. The Morgan fingerprint density at radius 3 is 2.45 bits per heavy atom. The maximum Gasteiger partial charge on any atom is 0.433 e. The van der Waals surface area contributed by atoms with Crippen LogP contribution in [0.2, 0.25) is 0 Å². The van der Waals surface area contributed by atoms with E-state index in [9.17, 15) is 31.5 Å². The minimum atomic E-state index is -4.65. The van der Waals surface area contributed by atoms with Crippen LogP contribution in [0.15, 0.2) is 0 Å². The van der Waals surface area contributed by atoms with Gasteiger partial charge in [-0.2, -0.15) is 13.2 Å². The third-order valence-corrected chi connectivity index (χ3v) is 5.73. The summed E-state index contributed by atoms with van der Waals surface area (Å²) in [5.41, 5.74) is 4.37. The van der Waals surface area contributed by atoms with E-state index < -0.39 is 54.0 Å². The van der Waals surface area contributed by atoms with Gasteiger partial charge in [0, 0.05) is 49.4 Å². The maximum atomic E-state index is 13.6. The van der Waals surface area contributed by atoms with Crippen LogP contribution in [-0.2, 0) is 34.1 Å². The number of halogens is 5. The van der Waals surface area contributed by atoms with Crippen molar-refractivity contribution in [2.24, 2.45) is 5.73 Å². The molecule has 3 rings (SSSR count). The number of alkyl halides is 5. The van der Waals surface area contributed by atoms with Crippen LogP contribution in [0.3, 0.4) is 0 Å². The highest BCUT2D eigenvalue weighted by Crippen LogP contribution is 2.35. The monoisotopic (exact) mass is 477 g/mol. The summed E-state index contributed by atoms with van der Waals surface area (Å²) >= 11 is 0. The number of carbonyl (C=O) groups is 2. The van der Waals surface area contributed by atoms with Crippen LogP contribution >= 0.6 is 0 Å². The van der Waals surface area contributed by atoms with Gasteiger partial charge in [-0.3, -0.25) is 9.59 Å². The highest BCUT2D eigenvalue weighted by atomic mass is 19.4. The van der Waals surface area contributed by atoms with Gasteiger partial charge in [-0.1, -0.05) is 20.8 Å². The first-order valence-corrected chi connectivity index (χ1v) is 10.7. The SMILES string of the molecule is CC(C)(C)c1nc2c(c(C(F)(F)F)n1)CCN(C(=O)C[C@@H](N)CN1CC(F)(F)CCC1=O)C2. The van der Waals surface area contributed by atoms with E-state index >= 15 is 0 Å². The molecule has 2 aliphatic heterocycles. The van der Waals surface area contributed by atoms with Crippen LogP contribution in [0.4, 0.5) is 22.0 Å². The number of amides is 2. The third-order valence-electron chi connectivity index (χ3n) is 5.73. The summed E-state index contributed by atoms with van der Waals surface area (Å²) in [7, 11) is 0. The molecule has 1 fully saturated rings. The average Bonchev–Trinajstić information content (AvgIpc) is 2.67. The average molecular weight is 477 g/mol. The third kappa shape index (κ3) is 5.96. The molecular formula is C21H28F5N5O2. The summed E-state index contributed by atoms with van der Waals surface area (Å²) in [6.45, 7) is 4.06. The Hall–Kier alpha value is -2.37. The van der Waals surface area contributed by atoms with Gasteiger partial charge >= 0.3 is 6.18 Å². The molecule has 2 aliphatic rings. The zero-order chi connectivity index (χ0) is 24.8. The molecule has 1 atom stereocenters. The Morgan fingerprint density at radius 2 is 1.85 bits per heavy atom. The normalized spacial score (nSPS) is 20.0. The summed E-state index contributed by atoms with van der Waals surface area (Å²) in [5.74, 6) is -3.84. The maximum absolute atomic E-state index is 13.6. The van der Waals surface area contributed by atoms with Gasteiger partial charge in [-0.15, -0.1) is 0 Å². The van der Waals surface area contributed by atoms with E-state index in [1.165, 1.54) is 4.90 Å². The predicted octanol–water partition coefficient (Wildman–Crippen LogP) is 2.65. The van der Waals surface area contributed by atoms with Crippen molar-refractivity contribution in [2.45, 2.75) is 76.6 Å². The van der Waals surface area contributed by atoms with Crippen molar-refractivity contribution in [3.63, 3.8) is 0 Å². The first-order valence-electron chi connectivity index (χ1n) is 10.7. The van der Waals surface area contributed by atoms with E-state index in [2.05, 4.69) is 9.97 Å². The van der Waals surface area contributed by atoms with Gasteiger partial charge in [0.2, 0.25) is 11.8 Å². The minimum absolute atomic E-state index is 0.0232. The number of nitrogens with zero attached hydrogens (tertiary/aromatic N) is 4. The molecule has 7 nitrogen and oxygen atoms in total. The number of carbonyl (C=O) groups excluding carboxylic acids is 2. The standard InChI is InChI=1S/C21H28F5N5O2/c1-19(2,3)18-28-14-10-30(7-5-13(14)17(29-18)21(24,25)26)16(33)8-12(27)9-31-11-20(22,23)6-4-15(31)32/h12H,4-11,27H2,1-3H3/t12-/m1/s1. The van der Waals surface area contributed by atoms with E-state index in [1.807, 2.05) is 0 Å². The van der Waals surface area contributed by atoms with Crippen LogP contribution < -0.4 is 5.73 Å². The van der Waals surface area contributed by atoms with Gasteiger partial charge in [0.05, 0.1) is 18.8 Å². The Labute approximate surface area is 188 Å². The van der Waals surface area contributed by atoms with Gasteiger partial charge in [-0.25, -0.2) is 18.7 Å². The molecule has 0 bridgehead atoms. The number of rotatable bonds is 4. The van der Waals surface area contributed by atoms with Gasteiger partial charge in [0.15, 0.2) is 5.69 Å². The zero-order valence-corrected chi connectivity index (χ0v) is 18.8. The predicted molar refractivity (Wildman–Crippen MR) is 108 cm³/mol. The molecule has 2 amide bonds. The van der Waals surface area contributed by atoms with Crippen LogP contribution in [0.1, 0.15) is 62.8 Å². The molecule has 3 heterocycles. The van der Waals surface area contributed by atoms with E-state index in [-0.39, 0.29) is 56.0 Å². The molecular weight excluding hydrogens is 449 g/mol. The van der Waals surface area contributed by atoms with E-state index in [0.717, 1.165) is 4.90 Å². The fourth-order valence-electron chi connectivity index (χ4n) is 3.97. The van der Waals surface area contributed by atoms with Gasteiger partial charge in [-0.05, 0) is 6.42 Å². The van der Waals surface area contributed by atoms with Crippen molar-refractivity contribution in [3.05, 3.63) is 22.8 Å². The van der Waals surface area contributed by atoms with Crippen molar-refractivity contribution >= 4 is 11.8 Å². The second kappa shape index (κ2) is 8.77. The van der Waals surface area contributed by atoms with Crippen LogP contribution in [0, 0.1) is 0 Å². The summed E-state index contributed by atoms with van der Waals surface area (Å²) < 4.78 is 68.0. The summed E-state index contributed by atoms with van der Waals surface area (Å²) in [6, 6.07) is -0.877. The number of aromatic nitrogens is 2. The molecule has 0 saturated carbocycles. The second-order valence-electron chi connectivity index (χ2n) is 9.73. The zero-order valence-electron chi connectivity index (χ0n) is 18.8. The second-order valence-corrected chi connectivity index (χ2v) is 9.73. The molecule has 1 aromatic heterocycles. The number of hydrogen-bond donors (Lipinski definition) is 1. The highest BCUT2D eigenvalue weighted by molar-refractivity contribution is 5.78. The Kier molecular flexibility index (Phi) is 6.71. The van der Waals surface area contributed by atoms with Crippen LogP contribution in [0.5, 0.6) is 0 Å². The van der Waals surface area contributed by atoms with Crippen molar-refractivity contribution in [1.82, 2.24) is 19.8 Å². The summed E-state index contributed by atoms with van der Waals surface area (Å²) in [6.07, 6.45) is -5.74. The number of nitrogens with two attached hydrogens (primary N) is 1. The Morgan fingerprint density at radius 1 is 1.18 bits per heavy atom. The number of fused-ring (bicyclic) bond motifs is 1. The molecule has 0 aliphatic carbocycles. The lowest BCUT2D eigenvalue weighted by molar-refractivity contribution is -0.148. The molecule has 33 heavy (non-hydrogen) atoms. The molecule has 0 spiro atoms. The van der Waals surface area contributed by atoms with Crippen molar-refractivity contribution in [3.8, 4) is 0 Å². The van der Waals surface area contributed by atoms with Crippen LogP contribution in [0.25, 0.3) is 0 Å². The molecule has 0 unspecified atom stereocenters. The summed E-state index contributed by atoms with van der Waals surface area (Å²) in [5, 5.41) is 0. The smallest absolute Gasteiger partial charge is 0.336 e. The fourth-order valence-corrected chi connectivity index (χ4v) is 3.97. The minimum Gasteiger partial charge on any atom is -0.336 e. The lowest BCUT2D eigenvalue weighted by Crippen LogP contribution is -2.51. The number of piperidine rings is 1. The van der Waals surface area contributed by atoms with E-state index in [4.69, 9.17) is 5.73 Å². The molecule has 0 radical (unpaired) electrons. The Bertz CT molecular complexity index is 929. The largest absolute Gasteiger partial charge is 0.433 e. The molecule has 1 saturated heterocycles. The van der Waals surface area contributed by atoms with Gasteiger partial charge < -0.3 is 15.5 Å². The molecule has 2 N–H and O–H groups in total. The van der Waals surface area contributed by atoms with Crippen molar-refractivity contribution < 1.29 is 31.5 Å². The summed E-state index contributed by atoms with van der Waals surface area (Å²) in [4.78, 5) is 35.1. The lowest BCUT2D eigenvalue weighted by atomic mass is 9.93. The quantitative estimate of drug-likeness (QED) is 0.674. The molecule has 12 heteroatoms. The fraction of sp³-hybridized carbons (Fsp3) is 0.714.